The molecule has 6 heteroatoms. The lowest BCUT2D eigenvalue weighted by Crippen LogP contribution is -2.51. The zero-order valence-corrected chi connectivity index (χ0v) is 11.1. The minimum Gasteiger partial charge on any atom is -0.480 e. The van der Waals surface area contributed by atoms with Gasteiger partial charge in [0.05, 0.1) is 13.2 Å². The zero-order chi connectivity index (χ0) is 14.4. The summed E-state index contributed by atoms with van der Waals surface area (Å²) in [5.74, 6) is -1.03. The number of carbonyl (C=O) groups excluding carboxylic acids is 1. The number of amides is 2. The molecule has 1 aliphatic rings. The molecule has 0 bridgehead atoms. The van der Waals surface area contributed by atoms with Crippen molar-refractivity contribution < 1.29 is 19.4 Å². The number of morpholine rings is 1. The van der Waals surface area contributed by atoms with Gasteiger partial charge in [0.25, 0.3) is 0 Å². The number of urea groups is 1. The van der Waals surface area contributed by atoms with Crippen molar-refractivity contribution >= 4 is 12.0 Å². The summed E-state index contributed by atoms with van der Waals surface area (Å²) in [5.41, 5.74) is 0.877. The number of benzene rings is 1. The van der Waals surface area contributed by atoms with Crippen molar-refractivity contribution in [2.24, 2.45) is 0 Å². The van der Waals surface area contributed by atoms with E-state index in [1.165, 1.54) is 0 Å². The van der Waals surface area contributed by atoms with Gasteiger partial charge in [-0.2, -0.15) is 0 Å². The number of hydrogen-bond acceptors (Lipinski definition) is 3. The third kappa shape index (κ3) is 3.96. The number of aliphatic carboxylic acids is 1. The number of carbonyl (C=O) groups is 2. The molecule has 6 nitrogen and oxygen atoms in total. The van der Waals surface area contributed by atoms with Crippen LogP contribution in [0, 0.1) is 0 Å². The number of nitrogens with one attached hydrogen (secondary N) is 1. The van der Waals surface area contributed by atoms with Crippen LogP contribution in [0.2, 0.25) is 0 Å². The second kappa shape index (κ2) is 6.91. The number of hydrogen-bond donors (Lipinski definition) is 2. The van der Waals surface area contributed by atoms with Crippen molar-refractivity contribution in [3.8, 4) is 0 Å². The maximum Gasteiger partial charge on any atom is 0.326 e. The van der Waals surface area contributed by atoms with Gasteiger partial charge in [0, 0.05) is 19.5 Å². The van der Waals surface area contributed by atoms with Crippen LogP contribution < -0.4 is 5.32 Å². The maximum atomic E-state index is 12.0. The van der Waals surface area contributed by atoms with Gasteiger partial charge in [0.1, 0.15) is 6.04 Å². The lowest BCUT2D eigenvalue weighted by Gasteiger charge is -2.28. The molecule has 0 aliphatic carbocycles. The Morgan fingerprint density at radius 2 is 1.90 bits per heavy atom. The Morgan fingerprint density at radius 1 is 1.25 bits per heavy atom. The Morgan fingerprint density at radius 3 is 2.50 bits per heavy atom. The predicted molar refractivity (Wildman–Crippen MR) is 72.5 cm³/mol. The summed E-state index contributed by atoms with van der Waals surface area (Å²) in [6.07, 6.45) is 0.270. The highest BCUT2D eigenvalue weighted by atomic mass is 16.5. The summed E-state index contributed by atoms with van der Waals surface area (Å²) in [4.78, 5) is 24.8. The van der Waals surface area contributed by atoms with Gasteiger partial charge in [-0.05, 0) is 5.56 Å². The predicted octanol–water partition coefficient (Wildman–Crippen LogP) is 0.724. The molecule has 20 heavy (non-hydrogen) atoms. The molecule has 108 valence electrons. The van der Waals surface area contributed by atoms with E-state index in [1.807, 2.05) is 30.3 Å². The Kier molecular flexibility index (Phi) is 4.95. The first-order chi connectivity index (χ1) is 9.66. The van der Waals surface area contributed by atoms with E-state index in [9.17, 15) is 14.7 Å². The molecule has 2 N–H and O–H groups in total. The molecule has 0 saturated carbocycles. The Bertz CT molecular complexity index is 458. The van der Waals surface area contributed by atoms with Crippen LogP contribution in [0.1, 0.15) is 5.56 Å². The molecule has 1 aromatic rings. The molecule has 1 atom stereocenters. The van der Waals surface area contributed by atoms with Crippen LogP contribution in [0.15, 0.2) is 30.3 Å². The molecule has 0 aromatic heterocycles. The van der Waals surface area contributed by atoms with E-state index in [0.717, 1.165) is 5.56 Å². The fraction of sp³-hybridized carbons (Fsp3) is 0.429. The Labute approximate surface area is 117 Å². The van der Waals surface area contributed by atoms with Crippen molar-refractivity contribution in [2.45, 2.75) is 12.5 Å². The van der Waals surface area contributed by atoms with Gasteiger partial charge in [-0.25, -0.2) is 9.59 Å². The number of ether oxygens (including phenoxy) is 1. The fourth-order valence-electron chi connectivity index (χ4n) is 2.06. The molecule has 0 unspecified atom stereocenters. The third-order valence-corrected chi connectivity index (χ3v) is 3.18. The topological polar surface area (TPSA) is 78.9 Å². The summed E-state index contributed by atoms with van der Waals surface area (Å²) in [5, 5.41) is 11.8. The van der Waals surface area contributed by atoms with Crippen LogP contribution in [-0.2, 0) is 16.0 Å². The molecule has 2 rings (SSSR count). The molecule has 1 heterocycles. The highest BCUT2D eigenvalue weighted by Crippen LogP contribution is 2.05. The zero-order valence-electron chi connectivity index (χ0n) is 11.1. The SMILES string of the molecule is O=C(O)[C@H](Cc1ccccc1)NC(=O)N1CCOCC1. The molecule has 1 fully saturated rings. The van der Waals surface area contributed by atoms with Gasteiger partial charge in [0.15, 0.2) is 0 Å². The maximum absolute atomic E-state index is 12.0. The molecular formula is C14H18N2O4. The van der Waals surface area contributed by atoms with Gasteiger partial charge in [-0.1, -0.05) is 30.3 Å². The van der Waals surface area contributed by atoms with E-state index in [0.29, 0.717) is 26.3 Å². The van der Waals surface area contributed by atoms with Gasteiger partial charge in [-0.15, -0.1) is 0 Å². The van der Waals surface area contributed by atoms with Gasteiger partial charge in [-0.3, -0.25) is 0 Å². The number of carboxylic acid groups (broad SMARTS) is 1. The van der Waals surface area contributed by atoms with Crippen molar-refractivity contribution in [2.75, 3.05) is 26.3 Å². The smallest absolute Gasteiger partial charge is 0.326 e. The Balaban J connectivity index is 1.95. The summed E-state index contributed by atoms with van der Waals surface area (Å²) < 4.78 is 5.16. The number of nitrogens with zero attached hydrogens (tertiary/aromatic N) is 1. The first-order valence-electron chi connectivity index (χ1n) is 6.57. The van der Waals surface area contributed by atoms with E-state index in [4.69, 9.17) is 4.74 Å². The van der Waals surface area contributed by atoms with Gasteiger partial charge in [0.2, 0.25) is 0 Å². The van der Waals surface area contributed by atoms with E-state index in [1.54, 1.807) is 4.90 Å². The van der Waals surface area contributed by atoms with Crippen molar-refractivity contribution in [1.82, 2.24) is 10.2 Å². The molecule has 1 saturated heterocycles. The van der Waals surface area contributed by atoms with E-state index in [2.05, 4.69) is 5.32 Å². The van der Waals surface area contributed by atoms with Crippen molar-refractivity contribution in [3.63, 3.8) is 0 Å². The van der Waals surface area contributed by atoms with E-state index in [-0.39, 0.29) is 12.5 Å². The highest BCUT2D eigenvalue weighted by Gasteiger charge is 2.24. The summed E-state index contributed by atoms with van der Waals surface area (Å²) in [6.45, 7) is 1.96. The summed E-state index contributed by atoms with van der Waals surface area (Å²) >= 11 is 0. The lowest BCUT2D eigenvalue weighted by molar-refractivity contribution is -0.139. The highest BCUT2D eigenvalue weighted by molar-refractivity contribution is 5.82. The van der Waals surface area contributed by atoms with E-state index >= 15 is 0 Å². The summed E-state index contributed by atoms with van der Waals surface area (Å²) in [7, 11) is 0. The van der Waals surface area contributed by atoms with Crippen LogP contribution in [-0.4, -0.2) is 54.4 Å². The Hall–Kier alpha value is -2.08. The average molecular weight is 278 g/mol. The summed E-state index contributed by atoms with van der Waals surface area (Å²) in [6, 6.07) is 7.97. The monoisotopic (exact) mass is 278 g/mol. The van der Waals surface area contributed by atoms with Gasteiger partial charge < -0.3 is 20.1 Å². The standard InChI is InChI=1S/C14H18N2O4/c17-13(18)12(10-11-4-2-1-3-5-11)15-14(19)16-6-8-20-9-7-16/h1-5,12H,6-10H2,(H,15,19)(H,17,18)/t12-/m0/s1. The van der Waals surface area contributed by atoms with Crippen LogP contribution in [0.4, 0.5) is 4.79 Å². The molecular weight excluding hydrogens is 260 g/mol. The first-order valence-corrected chi connectivity index (χ1v) is 6.57. The normalized spacial score (nSPS) is 16.5. The van der Waals surface area contributed by atoms with Crippen LogP contribution >= 0.6 is 0 Å². The molecule has 1 aliphatic heterocycles. The molecule has 1 aromatic carbocycles. The quantitative estimate of drug-likeness (QED) is 0.850. The number of carboxylic acids is 1. The van der Waals surface area contributed by atoms with Crippen molar-refractivity contribution in [3.05, 3.63) is 35.9 Å². The molecule has 0 radical (unpaired) electrons. The van der Waals surface area contributed by atoms with Gasteiger partial charge >= 0.3 is 12.0 Å². The largest absolute Gasteiger partial charge is 0.480 e. The van der Waals surface area contributed by atoms with E-state index < -0.39 is 12.0 Å². The fourth-order valence-corrected chi connectivity index (χ4v) is 2.06. The van der Waals surface area contributed by atoms with Crippen LogP contribution in [0.5, 0.6) is 0 Å². The third-order valence-electron chi connectivity index (χ3n) is 3.18. The minimum absolute atomic E-state index is 0.270. The molecule has 0 spiro atoms. The van der Waals surface area contributed by atoms with Crippen LogP contribution in [0.25, 0.3) is 0 Å². The van der Waals surface area contributed by atoms with Crippen molar-refractivity contribution in [1.29, 1.82) is 0 Å². The molecule has 2 amide bonds. The number of rotatable bonds is 4. The van der Waals surface area contributed by atoms with Crippen LogP contribution in [0.3, 0.4) is 0 Å². The second-order valence-electron chi connectivity index (χ2n) is 4.63. The second-order valence-corrected chi connectivity index (χ2v) is 4.63. The average Bonchev–Trinajstić information content (AvgIpc) is 2.48. The minimum atomic E-state index is -1.03. The first kappa shape index (κ1) is 14.3. The lowest BCUT2D eigenvalue weighted by atomic mass is 10.1.